The molecular formula is C13H19F3N2O3Si. The van der Waals surface area contributed by atoms with E-state index in [2.05, 4.69) is 24.6 Å². The van der Waals surface area contributed by atoms with Crippen molar-refractivity contribution in [1.29, 1.82) is 0 Å². The van der Waals surface area contributed by atoms with Gasteiger partial charge in [0.25, 0.3) is 0 Å². The number of aromatic nitrogens is 2. The van der Waals surface area contributed by atoms with Gasteiger partial charge in [-0.3, -0.25) is 9.59 Å². The van der Waals surface area contributed by atoms with Crippen molar-refractivity contribution in [3.05, 3.63) is 18.2 Å². The van der Waals surface area contributed by atoms with Gasteiger partial charge in [-0.1, -0.05) is 19.6 Å². The van der Waals surface area contributed by atoms with Gasteiger partial charge < -0.3 is 9.30 Å². The van der Waals surface area contributed by atoms with Crippen molar-refractivity contribution in [2.75, 3.05) is 6.61 Å². The van der Waals surface area contributed by atoms with Crippen LogP contribution in [-0.2, 0) is 16.3 Å². The van der Waals surface area contributed by atoms with Gasteiger partial charge in [-0.25, -0.2) is 4.98 Å². The van der Waals surface area contributed by atoms with Crippen LogP contribution < -0.4 is 0 Å². The maximum absolute atomic E-state index is 12.1. The van der Waals surface area contributed by atoms with Gasteiger partial charge in [0.1, 0.15) is 12.4 Å². The predicted octanol–water partition coefficient (Wildman–Crippen LogP) is 2.90. The summed E-state index contributed by atoms with van der Waals surface area (Å²) in [6.07, 6.45) is -3.66. The number of halogens is 3. The third-order valence-electron chi connectivity index (χ3n) is 2.79. The second-order valence-corrected chi connectivity index (χ2v) is 11.8. The standard InChI is InChI=1S/C13H19F3N2O3Si/c1-22(2,3)5-4-21-9-18-7-10(17-8-18)11(19)6-12(20)13(14,15)16/h7-8H,4-6,9H2,1-3H3. The Morgan fingerprint density at radius 1 is 1.32 bits per heavy atom. The van der Waals surface area contributed by atoms with E-state index in [1.807, 2.05) is 0 Å². The number of nitrogens with zero attached hydrogens (tertiary/aromatic N) is 2. The van der Waals surface area contributed by atoms with Gasteiger partial charge >= 0.3 is 6.18 Å². The lowest BCUT2D eigenvalue weighted by molar-refractivity contribution is -0.170. The lowest BCUT2D eigenvalue weighted by Crippen LogP contribution is -2.25. The minimum Gasteiger partial charge on any atom is -0.361 e. The summed E-state index contributed by atoms with van der Waals surface area (Å²) < 4.78 is 43.1. The van der Waals surface area contributed by atoms with E-state index in [9.17, 15) is 22.8 Å². The molecule has 1 aromatic rings. The first-order valence-electron chi connectivity index (χ1n) is 6.72. The topological polar surface area (TPSA) is 61.2 Å². The zero-order valence-corrected chi connectivity index (χ0v) is 13.7. The second-order valence-electron chi connectivity index (χ2n) is 6.14. The number of alkyl halides is 3. The van der Waals surface area contributed by atoms with Gasteiger partial charge in [-0.05, 0) is 6.04 Å². The van der Waals surface area contributed by atoms with Crippen LogP contribution in [0.1, 0.15) is 16.9 Å². The Morgan fingerprint density at radius 3 is 2.50 bits per heavy atom. The Morgan fingerprint density at radius 2 is 1.95 bits per heavy atom. The summed E-state index contributed by atoms with van der Waals surface area (Å²) in [6, 6.07) is 0.980. The average Bonchev–Trinajstić information content (AvgIpc) is 2.81. The number of rotatable bonds is 8. The smallest absolute Gasteiger partial charge is 0.361 e. The highest BCUT2D eigenvalue weighted by Crippen LogP contribution is 2.19. The molecule has 1 aromatic heterocycles. The van der Waals surface area contributed by atoms with Crippen LogP contribution in [0.25, 0.3) is 0 Å². The molecule has 0 radical (unpaired) electrons. The van der Waals surface area contributed by atoms with Crippen LogP contribution in [0.4, 0.5) is 13.2 Å². The zero-order chi connectivity index (χ0) is 17.0. The number of hydrogen-bond acceptors (Lipinski definition) is 4. The molecular weight excluding hydrogens is 317 g/mol. The van der Waals surface area contributed by atoms with Gasteiger partial charge in [-0.2, -0.15) is 13.2 Å². The summed E-state index contributed by atoms with van der Waals surface area (Å²) in [5, 5.41) is 0. The number of Topliss-reactive ketones (excluding diaryl/α,β-unsaturated/α-hetero) is 2. The molecule has 0 aliphatic rings. The number of carbonyl (C=O) groups excluding carboxylic acids is 2. The van der Waals surface area contributed by atoms with E-state index in [0.29, 0.717) is 6.61 Å². The van der Waals surface area contributed by atoms with Crippen molar-refractivity contribution in [2.24, 2.45) is 0 Å². The summed E-state index contributed by atoms with van der Waals surface area (Å²) >= 11 is 0. The molecule has 124 valence electrons. The fourth-order valence-corrected chi connectivity index (χ4v) is 2.22. The molecule has 9 heteroatoms. The maximum atomic E-state index is 12.1. The maximum Gasteiger partial charge on any atom is 0.450 e. The summed E-state index contributed by atoms with van der Waals surface area (Å²) in [4.78, 5) is 26.0. The molecule has 0 fully saturated rings. The molecule has 0 aromatic carbocycles. The van der Waals surface area contributed by atoms with Gasteiger partial charge in [-0.15, -0.1) is 0 Å². The van der Waals surface area contributed by atoms with E-state index >= 15 is 0 Å². The molecule has 0 aliphatic carbocycles. The SMILES string of the molecule is C[Si](C)(C)CCOCn1cnc(C(=O)CC(=O)C(F)(F)F)c1. The second kappa shape index (κ2) is 7.19. The number of hydrogen-bond donors (Lipinski definition) is 0. The molecule has 0 saturated heterocycles. The van der Waals surface area contributed by atoms with Crippen molar-refractivity contribution in [2.45, 2.75) is 45.0 Å². The normalized spacial score (nSPS) is 12.5. The van der Waals surface area contributed by atoms with E-state index in [1.54, 1.807) is 0 Å². The van der Waals surface area contributed by atoms with Crippen LogP contribution in [0.5, 0.6) is 0 Å². The van der Waals surface area contributed by atoms with Crippen molar-refractivity contribution in [3.63, 3.8) is 0 Å². The molecule has 22 heavy (non-hydrogen) atoms. The molecule has 1 heterocycles. The first kappa shape index (κ1) is 18.6. The molecule has 5 nitrogen and oxygen atoms in total. The first-order chi connectivity index (χ1) is 9.99. The summed E-state index contributed by atoms with van der Waals surface area (Å²) in [7, 11) is -1.19. The molecule has 0 spiro atoms. The fraction of sp³-hybridized carbons (Fsp3) is 0.615. The van der Waals surface area contributed by atoms with Gasteiger partial charge in [0, 0.05) is 20.9 Å². The van der Waals surface area contributed by atoms with E-state index in [4.69, 9.17) is 4.74 Å². The van der Waals surface area contributed by atoms with Crippen LogP contribution in [0.3, 0.4) is 0 Å². The highest BCUT2D eigenvalue weighted by Gasteiger charge is 2.39. The molecule has 0 N–H and O–H groups in total. The molecule has 0 aliphatic heterocycles. The third kappa shape index (κ3) is 6.52. The fourth-order valence-electron chi connectivity index (χ4n) is 1.46. The van der Waals surface area contributed by atoms with Gasteiger partial charge in [0.2, 0.25) is 5.78 Å². The number of ether oxygens (including phenoxy) is 1. The number of imidazole rings is 1. The van der Waals surface area contributed by atoms with Crippen LogP contribution in [0, 0.1) is 0 Å². The summed E-state index contributed by atoms with van der Waals surface area (Å²) in [5.41, 5.74) is -0.175. The Labute approximate surface area is 127 Å². The van der Waals surface area contributed by atoms with Crippen molar-refractivity contribution in [3.8, 4) is 0 Å². The van der Waals surface area contributed by atoms with Crippen molar-refractivity contribution in [1.82, 2.24) is 9.55 Å². The lowest BCUT2D eigenvalue weighted by atomic mass is 10.1. The van der Waals surface area contributed by atoms with E-state index in [1.165, 1.54) is 17.1 Å². The molecule has 0 bridgehead atoms. The van der Waals surface area contributed by atoms with Gasteiger partial charge in [0.05, 0.1) is 12.7 Å². The molecule has 0 unspecified atom stereocenters. The Balaban J connectivity index is 2.47. The Kier molecular flexibility index (Phi) is 6.06. The highest BCUT2D eigenvalue weighted by molar-refractivity contribution is 6.76. The van der Waals surface area contributed by atoms with Crippen molar-refractivity contribution < 1.29 is 27.5 Å². The molecule has 1 rings (SSSR count). The van der Waals surface area contributed by atoms with Crippen LogP contribution in [0.2, 0.25) is 25.7 Å². The van der Waals surface area contributed by atoms with Crippen LogP contribution in [-0.4, -0.2) is 42.0 Å². The van der Waals surface area contributed by atoms with E-state index < -0.39 is 32.2 Å². The largest absolute Gasteiger partial charge is 0.450 e. The Hall–Kier alpha value is -1.48. The third-order valence-corrected chi connectivity index (χ3v) is 4.50. The van der Waals surface area contributed by atoms with E-state index in [0.717, 1.165) is 6.04 Å². The van der Waals surface area contributed by atoms with Gasteiger partial charge in [0.15, 0.2) is 5.78 Å². The molecule has 0 amide bonds. The van der Waals surface area contributed by atoms with Crippen molar-refractivity contribution >= 4 is 19.6 Å². The summed E-state index contributed by atoms with van der Waals surface area (Å²) in [5.74, 6) is -3.03. The van der Waals surface area contributed by atoms with Crippen LogP contribution in [0.15, 0.2) is 12.5 Å². The number of ketones is 2. The van der Waals surface area contributed by atoms with Crippen LogP contribution >= 0.6 is 0 Å². The minimum absolute atomic E-state index is 0.165. The monoisotopic (exact) mass is 336 g/mol. The minimum atomic E-state index is -5.00. The first-order valence-corrected chi connectivity index (χ1v) is 10.4. The Bertz CT molecular complexity index is 535. The summed E-state index contributed by atoms with van der Waals surface area (Å²) in [6.45, 7) is 7.37. The highest BCUT2D eigenvalue weighted by atomic mass is 28.3. The molecule has 0 atom stereocenters. The zero-order valence-electron chi connectivity index (χ0n) is 12.7. The lowest BCUT2D eigenvalue weighted by Gasteiger charge is -2.15. The predicted molar refractivity (Wildman–Crippen MR) is 76.3 cm³/mol. The quantitative estimate of drug-likeness (QED) is 0.317. The average molecular weight is 336 g/mol. The van der Waals surface area contributed by atoms with E-state index in [-0.39, 0.29) is 12.4 Å². The number of carbonyl (C=O) groups is 2. The molecule has 0 saturated carbocycles.